The zero-order valence-corrected chi connectivity index (χ0v) is 37.7. The number of guanidine groups is 2. The molecule has 1 radical (unpaired) electrons. The number of aliphatic imine (C=N–C) groups is 2. The number of hydrogen-bond acceptors (Lipinski definition) is 11. The summed E-state index contributed by atoms with van der Waals surface area (Å²) in [5.41, 5.74) is 13.2. The molecule has 53 heavy (non-hydrogen) atoms. The van der Waals surface area contributed by atoms with Crippen molar-refractivity contribution in [3.05, 3.63) is 54.5 Å². The zero-order valence-electron chi connectivity index (χ0n) is 27.3. The van der Waals surface area contributed by atoms with Gasteiger partial charge in [0.15, 0.2) is 12.1 Å². The number of hydrogen-bond donors (Lipinski definition) is 2. The van der Waals surface area contributed by atoms with Crippen molar-refractivity contribution in [2.45, 2.75) is 35.8 Å². The summed E-state index contributed by atoms with van der Waals surface area (Å²) in [5, 5.41) is 2.93. The second-order valence-corrected chi connectivity index (χ2v) is 18.2. The fourth-order valence-electron chi connectivity index (χ4n) is 4.53. The number of ether oxygens (including phenoxy) is 3. The van der Waals surface area contributed by atoms with E-state index in [9.17, 15) is 14.4 Å². The Morgan fingerprint density at radius 2 is 1.28 bits per heavy atom. The molecule has 3 amide bonds. The van der Waals surface area contributed by atoms with Crippen molar-refractivity contribution in [3.63, 3.8) is 0 Å². The molecule has 5 aliphatic rings. The molecule has 4 atom stereocenters. The number of rotatable bonds is 3. The smallest absolute Gasteiger partial charge is 0.414 e. The number of halogens is 10. The van der Waals surface area contributed by atoms with E-state index in [-0.39, 0.29) is 88.9 Å². The van der Waals surface area contributed by atoms with Crippen LogP contribution in [0.3, 0.4) is 0 Å². The maximum atomic E-state index is 11.9. The standard InChI is InChI=1S/C10H12Cl3N4O2.C9H11Cl3N4O2.C8H8Cl3NO2.ClH.Y/c1-16-6-3-2-4-17(7(6)15-8(16)14)9(18)19-5-10(11,12)13;10-9(11,12)4-18-8(17)16-3-1-2-5-6(16)15-7(13)14-5;9-8(10,11)6-14-7(13)12-4-2-1-3-5-12;;/h2-3,6-7H,4-5H2,1H3,(H-,14,15);1-2,5-6H,3-4H2,(H3,13,14,15);1-4H,5-6H2;1H;/q-1;;;;. The van der Waals surface area contributed by atoms with E-state index in [4.69, 9.17) is 130 Å². The Bertz CT molecular complexity index is 1460. The SMILES string of the molecule is CN1C([NH-])=NC2C1C=CCN2C(=O)OCC(Cl)(Cl)Cl.Cl.NC1=NC2C(C=CCN2C(=O)OCC(Cl)(Cl)Cl)N1.O=C(OCC(Cl)(Cl)Cl)N1C=CC=CC1.[Y]. The number of nitrogens with two attached hydrogens (primary N) is 1. The molecule has 0 aromatic heterocycles. The predicted molar refractivity (Wildman–Crippen MR) is 208 cm³/mol. The molecule has 0 aliphatic carbocycles. The van der Waals surface area contributed by atoms with Crippen LogP contribution < -0.4 is 11.1 Å². The molecule has 0 saturated heterocycles. The van der Waals surface area contributed by atoms with Gasteiger partial charge in [-0.2, -0.15) is 0 Å². The van der Waals surface area contributed by atoms with Crippen LogP contribution in [0.1, 0.15) is 0 Å². The van der Waals surface area contributed by atoms with Gasteiger partial charge in [0.25, 0.3) is 0 Å². The number of nitrogens with zero attached hydrogens (tertiary/aromatic N) is 6. The van der Waals surface area contributed by atoms with Crippen LogP contribution in [0.2, 0.25) is 0 Å². The molecule has 0 aromatic rings. The summed E-state index contributed by atoms with van der Waals surface area (Å²) in [4.78, 5) is 49.2. The van der Waals surface area contributed by atoms with E-state index in [1.54, 1.807) is 24.2 Å². The summed E-state index contributed by atoms with van der Waals surface area (Å²) in [6, 6.07) is -0.291. The zero-order chi connectivity index (χ0) is 38.1. The van der Waals surface area contributed by atoms with Crippen LogP contribution in [0.25, 0.3) is 5.73 Å². The van der Waals surface area contributed by atoms with Crippen LogP contribution in [0, 0.1) is 0 Å². The largest absolute Gasteiger partial charge is 0.445 e. The number of fused-ring (bicyclic) bond motifs is 2. The molecule has 0 aromatic carbocycles. The van der Waals surface area contributed by atoms with Crippen molar-refractivity contribution in [1.82, 2.24) is 24.9 Å². The molecular weight excluding hydrogens is 990 g/mol. The van der Waals surface area contributed by atoms with Crippen molar-refractivity contribution in [2.24, 2.45) is 15.7 Å². The van der Waals surface area contributed by atoms with E-state index >= 15 is 0 Å². The average Bonchev–Trinajstić information content (AvgIpc) is 3.58. The third-order valence-corrected chi connectivity index (χ3v) is 7.75. The molecule has 5 rings (SSSR count). The van der Waals surface area contributed by atoms with E-state index in [0.717, 1.165) is 0 Å². The number of likely N-dealkylation sites (N-methyl/N-ethyl adjacent to an activating group) is 1. The Morgan fingerprint density at radius 1 is 0.792 bits per heavy atom. The predicted octanol–water partition coefficient (Wildman–Crippen LogP) is 6.69. The maximum absolute atomic E-state index is 11.9. The summed E-state index contributed by atoms with van der Waals surface area (Å²) in [6.45, 7) is 0.282. The van der Waals surface area contributed by atoms with E-state index in [0.29, 0.717) is 19.6 Å². The molecule has 5 aliphatic heterocycles. The molecule has 5 heterocycles. The quantitative estimate of drug-likeness (QED) is 0.177. The Kier molecular flexibility index (Phi) is 21.2. The minimum atomic E-state index is -1.64. The second kappa shape index (κ2) is 22.3. The van der Waals surface area contributed by atoms with Gasteiger partial charge in [0.1, 0.15) is 19.8 Å². The Balaban J connectivity index is 0.000000395. The van der Waals surface area contributed by atoms with Gasteiger partial charge in [-0.15, -0.1) is 12.4 Å². The molecule has 0 spiro atoms. The molecule has 295 valence electrons. The summed E-state index contributed by atoms with van der Waals surface area (Å²) >= 11 is 49.4. The first-order valence-electron chi connectivity index (χ1n) is 14.4. The number of alkyl halides is 9. The first-order valence-corrected chi connectivity index (χ1v) is 17.8. The number of nitrogens with one attached hydrogen (secondary N) is 2. The summed E-state index contributed by atoms with van der Waals surface area (Å²) in [5.74, 6) is 0.413. The Labute approximate surface area is 382 Å². The van der Waals surface area contributed by atoms with Crippen LogP contribution in [0.15, 0.2) is 58.7 Å². The van der Waals surface area contributed by atoms with Gasteiger partial charge in [0.05, 0.1) is 12.2 Å². The van der Waals surface area contributed by atoms with Gasteiger partial charge in [0, 0.05) is 70.5 Å². The molecule has 0 bridgehead atoms. The van der Waals surface area contributed by atoms with E-state index in [2.05, 4.69) is 15.3 Å². The van der Waals surface area contributed by atoms with Crippen molar-refractivity contribution >= 4 is 147 Å². The summed E-state index contributed by atoms with van der Waals surface area (Å²) in [7, 11) is 1.75. The molecule has 4 N–H and O–H groups in total. The topological polar surface area (TPSA) is 178 Å². The second-order valence-electron chi connectivity index (χ2n) is 10.7. The van der Waals surface area contributed by atoms with Gasteiger partial charge in [-0.05, 0) is 13.1 Å². The molecule has 15 nitrogen and oxygen atoms in total. The average molecular weight is 1020 g/mol. The van der Waals surface area contributed by atoms with Gasteiger partial charge in [-0.1, -0.05) is 141 Å². The monoisotopic (exact) mass is 1020 g/mol. The van der Waals surface area contributed by atoms with Gasteiger partial charge >= 0.3 is 18.3 Å². The number of carbonyl (C=O) groups is 3. The van der Waals surface area contributed by atoms with Crippen molar-refractivity contribution in [1.29, 1.82) is 0 Å². The van der Waals surface area contributed by atoms with Gasteiger partial charge in [-0.3, -0.25) is 14.7 Å². The summed E-state index contributed by atoms with van der Waals surface area (Å²) in [6.07, 6.45) is 11.8. The molecule has 4 unspecified atom stereocenters. The van der Waals surface area contributed by atoms with Crippen LogP contribution >= 0.6 is 117 Å². The Morgan fingerprint density at radius 3 is 1.77 bits per heavy atom. The maximum Gasteiger partial charge on any atom is 0.414 e. The van der Waals surface area contributed by atoms with Gasteiger partial charge in [0.2, 0.25) is 11.4 Å². The van der Waals surface area contributed by atoms with Crippen LogP contribution in [-0.2, 0) is 46.9 Å². The van der Waals surface area contributed by atoms with E-state index in [1.807, 2.05) is 36.5 Å². The van der Waals surface area contributed by atoms with E-state index in [1.165, 1.54) is 14.7 Å². The number of amides is 3. The molecule has 0 fully saturated rings. The summed E-state index contributed by atoms with van der Waals surface area (Å²) < 4.78 is 9.76. The van der Waals surface area contributed by atoms with Crippen molar-refractivity contribution < 1.29 is 61.3 Å². The fraction of sp³-hybridized carbons (Fsp3) is 0.519. The van der Waals surface area contributed by atoms with Gasteiger partial charge < -0.3 is 40.9 Å². The minimum absolute atomic E-state index is 0. The van der Waals surface area contributed by atoms with E-state index < -0.39 is 42.0 Å². The number of carbonyl (C=O) groups excluding carboxylic acids is 3. The molecule has 26 heteroatoms. The first kappa shape index (κ1) is 50.3. The Hall–Kier alpha value is -0.686. The van der Waals surface area contributed by atoms with Crippen LogP contribution in [0.5, 0.6) is 0 Å². The van der Waals surface area contributed by atoms with Crippen molar-refractivity contribution in [2.75, 3.05) is 46.5 Å². The van der Waals surface area contributed by atoms with Crippen molar-refractivity contribution in [3.8, 4) is 0 Å². The minimum Gasteiger partial charge on any atom is -0.445 e. The first-order chi connectivity index (χ1) is 23.6. The third kappa shape index (κ3) is 17.1. The van der Waals surface area contributed by atoms with Crippen LogP contribution in [0.4, 0.5) is 14.4 Å². The van der Waals surface area contributed by atoms with Crippen LogP contribution in [-0.4, -0.2) is 132 Å². The fourth-order valence-corrected chi connectivity index (χ4v) is 5.02. The molecule has 0 saturated carbocycles. The number of allylic oxidation sites excluding steroid dienone is 2. The third-order valence-electron chi connectivity index (χ3n) is 6.76. The molecular formula is C27H32Cl10N9O6Y-. The normalized spacial score (nSPS) is 22.5. The van der Waals surface area contributed by atoms with Gasteiger partial charge in [-0.25, -0.2) is 19.4 Å².